The number of nitrogens with one attached hydrogen (secondary N) is 1. The van der Waals surface area contributed by atoms with Gasteiger partial charge in [0.05, 0.1) is 0 Å². The number of carbonyl (C=O) groups excluding carboxylic acids is 1. The summed E-state index contributed by atoms with van der Waals surface area (Å²) in [6, 6.07) is 7.68. The minimum absolute atomic E-state index is 0.00755. The standard InChI is InChI=1S/C15H23BrN2O/c1-5-15(6-2,11-16)17-14(19)12-8-7-9-13(10-12)18(3)4/h7-10H,5-6,11H2,1-4H3,(H,17,19). The molecule has 1 N–H and O–H groups in total. The van der Waals surface area contributed by atoms with Crippen LogP contribution in [0.15, 0.2) is 24.3 Å². The largest absolute Gasteiger partial charge is 0.378 e. The van der Waals surface area contributed by atoms with Crippen LogP contribution in [0.25, 0.3) is 0 Å². The Morgan fingerprint density at radius 1 is 1.32 bits per heavy atom. The molecular weight excluding hydrogens is 304 g/mol. The maximum absolute atomic E-state index is 12.4. The minimum atomic E-state index is -0.162. The van der Waals surface area contributed by atoms with Crippen LogP contribution < -0.4 is 10.2 Å². The average molecular weight is 327 g/mol. The van der Waals surface area contributed by atoms with Crippen LogP contribution >= 0.6 is 15.9 Å². The van der Waals surface area contributed by atoms with Gasteiger partial charge in [-0.25, -0.2) is 0 Å². The Kier molecular flexibility index (Phi) is 5.85. The van der Waals surface area contributed by atoms with Crippen LogP contribution in [0.4, 0.5) is 5.69 Å². The van der Waals surface area contributed by atoms with Crippen molar-refractivity contribution in [3.05, 3.63) is 29.8 Å². The predicted molar refractivity (Wildman–Crippen MR) is 85.3 cm³/mol. The molecule has 0 unspecified atom stereocenters. The van der Waals surface area contributed by atoms with Gasteiger partial charge < -0.3 is 10.2 Å². The zero-order valence-electron chi connectivity index (χ0n) is 12.2. The molecule has 0 aliphatic rings. The molecule has 0 fully saturated rings. The van der Waals surface area contributed by atoms with E-state index in [1.54, 1.807) is 0 Å². The molecule has 0 saturated carbocycles. The van der Waals surface area contributed by atoms with E-state index >= 15 is 0 Å². The summed E-state index contributed by atoms with van der Waals surface area (Å²) >= 11 is 3.51. The summed E-state index contributed by atoms with van der Waals surface area (Å²) in [7, 11) is 3.94. The van der Waals surface area contributed by atoms with Gasteiger partial charge in [-0.1, -0.05) is 35.8 Å². The van der Waals surface area contributed by atoms with E-state index in [1.165, 1.54) is 0 Å². The molecule has 0 aliphatic heterocycles. The minimum Gasteiger partial charge on any atom is -0.378 e. The third kappa shape index (κ3) is 3.96. The molecule has 0 atom stereocenters. The molecule has 4 heteroatoms. The second kappa shape index (κ2) is 6.94. The lowest BCUT2D eigenvalue weighted by Gasteiger charge is -2.31. The summed E-state index contributed by atoms with van der Waals surface area (Å²) in [4.78, 5) is 14.4. The van der Waals surface area contributed by atoms with Crippen LogP contribution in [0, 0.1) is 0 Å². The summed E-state index contributed by atoms with van der Waals surface area (Å²) in [6.45, 7) is 4.20. The zero-order chi connectivity index (χ0) is 14.5. The van der Waals surface area contributed by atoms with Crippen LogP contribution in [-0.4, -0.2) is 30.9 Å². The lowest BCUT2D eigenvalue weighted by Crippen LogP contribution is -2.49. The third-order valence-corrected chi connectivity index (χ3v) is 4.69. The van der Waals surface area contributed by atoms with Crippen molar-refractivity contribution in [1.82, 2.24) is 5.32 Å². The first-order valence-corrected chi connectivity index (χ1v) is 7.76. The summed E-state index contributed by atoms with van der Waals surface area (Å²) in [5.74, 6) is -0.00755. The Morgan fingerprint density at radius 2 is 1.95 bits per heavy atom. The molecule has 1 aromatic carbocycles. The zero-order valence-corrected chi connectivity index (χ0v) is 13.8. The molecule has 3 nitrogen and oxygen atoms in total. The summed E-state index contributed by atoms with van der Waals surface area (Å²) in [5, 5.41) is 3.93. The fourth-order valence-corrected chi connectivity index (χ4v) is 2.82. The molecule has 1 amide bonds. The van der Waals surface area contributed by atoms with Crippen LogP contribution in [0.1, 0.15) is 37.0 Å². The highest BCUT2D eigenvalue weighted by Gasteiger charge is 2.27. The van der Waals surface area contributed by atoms with Gasteiger partial charge in [0.2, 0.25) is 0 Å². The van der Waals surface area contributed by atoms with E-state index in [2.05, 4.69) is 35.1 Å². The van der Waals surface area contributed by atoms with Crippen molar-refractivity contribution in [1.29, 1.82) is 0 Å². The van der Waals surface area contributed by atoms with E-state index in [1.807, 2.05) is 43.3 Å². The highest BCUT2D eigenvalue weighted by Crippen LogP contribution is 2.20. The predicted octanol–water partition coefficient (Wildman–Crippen LogP) is 3.44. The lowest BCUT2D eigenvalue weighted by molar-refractivity contribution is 0.0903. The average Bonchev–Trinajstić information content (AvgIpc) is 2.45. The molecule has 0 spiro atoms. The maximum atomic E-state index is 12.4. The second-order valence-electron chi connectivity index (χ2n) is 5.02. The summed E-state index contributed by atoms with van der Waals surface area (Å²) in [6.07, 6.45) is 1.82. The van der Waals surface area contributed by atoms with Crippen LogP contribution in [0.3, 0.4) is 0 Å². The van der Waals surface area contributed by atoms with Crippen molar-refractivity contribution in [3.63, 3.8) is 0 Å². The normalized spacial score (nSPS) is 11.2. The van der Waals surface area contributed by atoms with Crippen LogP contribution in [0.2, 0.25) is 0 Å². The lowest BCUT2D eigenvalue weighted by atomic mass is 9.95. The molecule has 0 aromatic heterocycles. The molecule has 19 heavy (non-hydrogen) atoms. The van der Waals surface area contributed by atoms with E-state index in [0.717, 1.165) is 23.9 Å². The first kappa shape index (κ1) is 16.0. The molecule has 0 radical (unpaired) electrons. The number of halogens is 1. The fraction of sp³-hybridized carbons (Fsp3) is 0.533. The molecule has 0 heterocycles. The molecule has 0 bridgehead atoms. The van der Waals surface area contributed by atoms with Gasteiger partial charge in [-0.2, -0.15) is 0 Å². The number of benzene rings is 1. The van der Waals surface area contributed by atoms with Crippen molar-refractivity contribution in [2.24, 2.45) is 0 Å². The van der Waals surface area contributed by atoms with E-state index in [4.69, 9.17) is 0 Å². The summed E-state index contributed by atoms with van der Waals surface area (Å²) < 4.78 is 0. The van der Waals surface area contributed by atoms with Crippen LogP contribution in [0.5, 0.6) is 0 Å². The first-order valence-electron chi connectivity index (χ1n) is 6.64. The van der Waals surface area contributed by atoms with Crippen molar-refractivity contribution >= 4 is 27.5 Å². The first-order chi connectivity index (χ1) is 8.98. The number of anilines is 1. The molecule has 0 aliphatic carbocycles. The van der Waals surface area contributed by atoms with Crippen molar-refractivity contribution < 1.29 is 4.79 Å². The Balaban J connectivity index is 2.91. The van der Waals surface area contributed by atoms with Gasteiger partial charge in [-0.05, 0) is 31.0 Å². The molecule has 106 valence electrons. The SMILES string of the molecule is CCC(CC)(CBr)NC(=O)c1cccc(N(C)C)c1. The number of hydrogen-bond acceptors (Lipinski definition) is 2. The number of carbonyl (C=O) groups is 1. The Morgan fingerprint density at radius 3 is 2.42 bits per heavy atom. The van der Waals surface area contributed by atoms with Gasteiger partial charge in [-0.15, -0.1) is 0 Å². The van der Waals surface area contributed by atoms with E-state index in [9.17, 15) is 4.79 Å². The van der Waals surface area contributed by atoms with Gasteiger partial charge in [0.15, 0.2) is 0 Å². The monoisotopic (exact) mass is 326 g/mol. The molecular formula is C15H23BrN2O. The number of nitrogens with zero attached hydrogens (tertiary/aromatic N) is 1. The van der Waals surface area contributed by atoms with Gasteiger partial charge in [0, 0.05) is 36.2 Å². The smallest absolute Gasteiger partial charge is 0.251 e. The van der Waals surface area contributed by atoms with Crippen molar-refractivity contribution in [2.75, 3.05) is 24.3 Å². The van der Waals surface area contributed by atoms with Crippen molar-refractivity contribution in [3.8, 4) is 0 Å². The number of amides is 1. The Hall–Kier alpha value is -1.03. The third-order valence-electron chi connectivity index (χ3n) is 3.61. The highest BCUT2D eigenvalue weighted by atomic mass is 79.9. The number of hydrogen-bond donors (Lipinski definition) is 1. The number of alkyl halides is 1. The Bertz CT molecular complexity index is 420. The van der Waals surface area contributed by atoms with Gasteiger partial charge in [0.25, 0.3) is 5.91 Å². The summed E-state index contributed by atoms with van der Waals surface area (Å²) in [5.41, 5.74) is 1.58. The van der Waals surface area contributed by atoms with Gasteiger partial charge >= 0.3 is 0 Å². The van der Waals surface area contributed by atoms with Crippen LogP contribution in [-0.2, 0) is 0 Å². The second-order valence-corrected chi connectivity index (χ2v) is 5.58. The van der Waals surface area contributed by atoms with Crippen molar-refractivity contribution in [2.45, 2.75) is 32.2 Å². The topological polar surface area (TPSA) is 32.3 Å². The van der Waals surface area contributed by atoms with Gasteiger partial charge in [0.1, 0.15) is 0 Å². The van der Waals surface area contributed by atoms with E-state index < -0.39 is 0 Å². The number of rotatable bonds is 6. The molecule has 0 saturated heterocycles. The fourth-order valence-electron chi connectivity index (χ4n) is 1.89. The quantitative estimate of drug-likeness (QED) is 0.812. The molecule has 1 rings (SSSR count). The molecule has 1 aromatic rings. The van der Waals surface area contributed by atoms with Gasteiger partial charge in [-0.3, -0.25) is 4.79 Å². The Labute approximate surface area is 124 Å². The van der Waals surface area contributed by atoms with E-state index in [-0.39, 0.29) is 11.4 Å². The maximum Gasteiger partial charge on any atom is 0.251 e. The van der Waals surface area contributed by atoms with E-state index in [0.29, 0.717) is 5.56 Å². The highest BCUT2D eigenvalue weighted by molar-refractivity contribution is 9.09.